The summed E-state index contributed by atoms with van der Waals surface area (Å²) in [5.74, 6) is 0. The lowest BCUT2D eigenvalue weighted by Gasteiger charge is -2.17. The summed E-state index contributed by atoms with van der Waals surface area (Å²) < 4.78 is 1.19. The van der Waals surface area contributed by atoms with Gasteiger partial charge in [-0.1, -0.05) is 24.3 Å². The minimum Gasteiger partial charge on any atom is -0.305 e. The molecule has 1 heterocycles. The summed E-state index contributed by atoms with van der Waals surface area (Å²) in [5.41, 5.74) is 2.77. The molecule has 0 spiro atoms. The van der Waals surface area contributed by atoms with E-state index in [2.05, 4.69) is 83.6 Å². The highest BCUT2D eigenvalue weighted by Crippen LogP contribution is 2.27. The highest BCUT2D eigenvalue weighted by atomic mass is 79.9. The highest BCUT2D eigenvalue weighted by molar-refractivity contribution is 9.11. The summed E-state index contributed by atoms with van der Waals surface area (Å²) in [5, 5.41) is 3.61. The molecule has 2 aromatic rings. The minimum atomic E-state index is 0.374. The van der Waals surface area contributed by atoms with E-state index in [1.165, 1.54) is 19.8 Å². The maximum atomic E-state index is 3.61. The van der Waals surface area contributed by atoms with E-state index in [4.69, 9.17) is 0 Å². The van der Waals surface area contributed by atoms with Crippen LogP contribution in [0.2, 0.25) is 0 Å². The first-order chi connectivity index (χ1) is 9.56. The molecule has 0 saturated carbocycles. The monoisotopic (exact) mass is 352 g/mol. The fraction of sp³-hybridized carbons (Fsp3) is 0.375. The Balaban J connectivity index is 2.00. The van der Waals surface area contributed by atoms with Gasteiger partial charge in [-0.2, -0.15) is 0 Å². The molecule has 0 fully saturated rings. The second kappa shape index (κ2) is 7.36. The molecule has 1 aromatic heterocycles. The van der Waals surface area contributed by atoms with Crippen LogP contribution in [0.1, 0.15) is 29.0 Å². The fourth-order valence-corrected chi connectivity index (χ4v) is 3.60. The van der Waals surface area contributed by atoms with Crippen LogP contribution in [-0.2, 0) is 13.1 Å². The van der Waals surface area contributed by atoms with Crippen molar-refractivity contribution >= 4 is 27.3 Å². The Labute approximate surface area is 133 Å². The maximum absolute atomic E-state index is 3.61. The fourth-order valence-electron chi connectivity index (χ4n) is 2.15. The van der Waals surface area contributed by atoms with Crippen molar-refractivity contribution in [1.82, 2.24) is 10.2 Å². The predicted octanol–water partition coefficient (Wildman–Crippen LogP) is 4.42. The topological polar surface area (TPSA) is 15.3 Å². The number of rotatable bonds is 6. The van der Waals surface area contributed by atoms with Crippen LogP contribution in [0.25, 0.3) is 0 Å². The van der Waals surface area contributed by atoms with E-state index in [1.54, 1.807) is 11.3 Å². The van der Waals surface area contributed by atoms with Gasteiger partial charge in [-0.3, -0.25) is 0 Å². The standard InChI is InChI=1S/C16H21BrN2S/c1-12(15-8-9-16(17)20-15)18-10-13-6-4-5-7-14(13)11-19(2)3/h4-9,12,18H,10-11H2,1-3H3. The first-order valence-electron chi connectivity index (χ1n) is 6.76. The molecule has 108 valence electrons. The molecule has 0 aliphatic heterocycles. The SMILES string of the molecule is CC(NCc1ccccc1CN(C)C)c1ccc(Br)s1. The van der Waals surface area contributed by atoms with E-state index in [1.807, 2.05) is 0 Å². The number of nitrogens with one attached hydrogen (secondary N) is 1. The van der Waals surface area contributed by atoms with Crippen LogP contribution in [-0.4, -0.2) is 19.0 Å². The Bertz CT molecular complexity index is 551. The molecule has 1 N–H and O–H groups in total. The number of halogens is 1. The van der Waals surface area contributed by atoms with Crippen LogP contribution in [0, 0.1) is 0 Å². The van der Waals surface area contributed by atoms with Gasteiger partial charge in [-0.15, -0.1) is 11.3 Å². The molecule has 4 heteroatoms. The van der Waals surface area contributed by atoms with E-state index < -0.39 is 0 Å². The van der Waals surface area contributed by atoms with E-state index in [9.17, 15) is 0 Å². The van der Waals surface area contributed by atoms with E-state index in [0.29, 0.717) is 6.04 Å². The van der Waals surface area contributed by atoms with Gasteiger partial charge >= 0.3 is 0 Å². The molecule has 0 radical (unpaired) electrons. The Kier molecular flexibility index (Phi) is 5.78. The zero-order valence-corrected chi connectivity index (χ0v) is 14.6. The molecule has 2 rings (SSSR count). The Hall–Kier alpha value is -0.680. The molecule has 20 heavy (non-hydrogen) atoms. The summed E-state index contributed by atoms with van der Waals surface area (Å²) in [6.07, 6.45) is 0. The third kappa shape index (κ3) is 4.42. The summed E-state index contributed by atoms with van der Waals surface area (Å²) >= 11 is 5.31. The molecule has 2 nitrogen and oxygen atoms in total. The van der Waals surface area contributed by atoms with Crippen LogP contribution < -0.4 is 5.32 Å². The molecule has 0 amide bonds. The quantitative estimate of drug-likeness (QED) is 0.827. The lowest BCUT2D eigenvalue weighted by molar-refractivity contribution is 0.400. The van der Waals surface area contributed by atoms with Crippen LogP contribution in [0.4, 0.5) is 0 Å². The average Bonchev–Trinajstić information content (AvgIpc) is 2.83. The summed E-state index contributed by atoms with van der Waals surface area (Å²) in [6.45, 7) is 4.10. The van der Waals surface area contributed by atoms with Gasteiger partial charge in [0.1, 0.15) is 0 Å². The van der Waals surface area contributed by atoms with Gasteiger partial charge in [-0.05, 0) is 60.2 Å². The second-order valence-corrected chi connectivity index (χ2v) is 7.75. The first kappa shape index (κ1) is 15.7. The van der Waals surface area contributed by atoms with Crippen molar-refractivity contribution in [2.24, 2.45) is 0 Å². The summed E-state index contributed by atoms with van der Waals surface area (Å²) in [4.78, 5) is 3.57. The summed E-state index contributed by atoms with van der Waals surface area (Å²) in [6, 6.07) is 13.3. The zero-order chi connectivity index (χ0) is 14.5. The van der Waals surface area contributed by atoms with Crippen LogP contribution >= 0.6 is 27.3 Å². The van der Waals surface area contributed by atoms with Gasteiger partial charge < -0.3 is 10.2 Å². The summed E-state index contributed by atoms with van der Waals surface area (Å²) in [7, 11) is 4.21. The number of hydrogen-bond acceptors (Lipinski definition) is 3. The van der Waals surface area contributed by atoms with Crippen molar-refractivity contribution in [3.05, 3.63) is 56.2 Å². The third-order valence-electron chi connectivity index (χ3n) is 3.22. The lowest BCUT2D eigenvalue weighted by atomic mass is 10.1. The second-order valence-electron chi connectivity index (χ2n) is 5.25. The lowest BCUT2D eigenvalue weighted by Crippen LogP contribution is -2.19. The highest BCUT2D eigenvalue weighted by Gasteiger charge is 2.09. The molecule has 1 unspecified atom stereocenters. The van der Waals surface area contributed by atoms with Crippen molar-refractivity contribution in [3.63, 3.8) is 0 Å². The van der Waals surface area contributed by atoms with Gasteiger partial charge in [-0.25, -0.2) is 0 Å². The molecular formula is C16H21BrN2S. The number of thiophene rings is 1. The number of benzene rings is 1. The van der Waals surface area contributed by atoms with Gasteiger partial charge in [0, 0.05) is 24.0 Å². The van der Waals surface area contributed by atoms with E-state index in [0.717, 1.165) is 13.1 Å². The average molecular weight is 353 g/mol. The van der Waals surface area contributed by atoms with Gasteiger partial charge in [0.15, 0.2) is 0 Å². The predicted molar refractivity (Wildman–Crippen MR) is 91.1 cm³/mol. The van der Waals surface area contributed by atoms with E-state index >= 15 is 0 Å². The van der Waals surface area contributed by atoms with Crippen LogP contribution in [0.5, 0.6) is 0 Å². The van der Waals surface area contributed by atoms with Gasteiger partial charge in [0.05, 0.1) is 3.79 Å². The Morgan fingerprint density at radius 2 is 1.85 bits per heavy atom. The van der Waals surface area contributed by atoms with Crippen molar-refractivity contribution in [2.45, 2.75) is 26.1 Å². The number of nitrogens with zero attached hydrogens (tertiary/aromatic N) is 1. The molecular weight excluding hydrogens is 332 g/mol. The molecule has 0 saturated heterocycles. The maximum Gasteiger partial charge on any atom is 0.0701 e. The molecule has 0 aliphatic rings. The third-order valence-corrected chi connectivity index (χ3v) is 5.03. The number of hydrogen-bond donors (Lipinski definition) is 1. The van der Waals surface area contributed by atoms with E-state index in [-0.39, 0.29) is 0 Å². The Morgan fingerprint density at radius 3 is 2.45 bits per heavy atom. The van der Waals surface area contributed by atoms with Crippen LogP contribution in [0.15, 0.2) is 40.2 Å². The zero-order valence-electron chi connectivity index (χ0n) is 12.2. The minimum absolute atomic E-state index is 0.374. The smallest absolute Gasteiger partial charge is 0.0701 e. The molecule has 0 aliphatic carbocycles. The largest absolute Gasteiger partial charge is 0.305 e. The molecule has 0 bridgehead atoms. The Morgan fingerprint density at radius 1 is 1.15 bits per heavy atom. The normalized spacial score (nSPS) is 12.8. The molecule has 1 atom stereocenters. The molecule has 1 aromatic carbocycles. The first-order valence-corrected chi connectivity index (χ1v) is 8.37. The van der Waals surface area contributed by atoms with Crippen LogP contribution in [0.3, 0.4) is 0 Å². The van der Waals surface area contributed by atoms with Crippen molar-refractivity contribution < 1.29 is 0 Å². The van der Waals surface area contributed by atoms with Crippen molar-refractivity contribution in [3.8, 4) is 0 Å². The van der Waals surface area contributed by atoms with Gasteiger partial charge in [0.25, 0.3) is 0 Å². The van der Waals surface area contributed by atoms with Gasteiger partial charge in [0.2, 0.25) is 0 Å². The van der Waals surface area contributed by atoms with Crippen molar-refractivity contribution in [2.75, 3.05) is 14.1 Å². The van der Waals surface area contributed by atoms with Crippen molar-refractivity contribution in [1.29, 1.82) is 0 Å².